The first-order valence-electron chi connectivity index (χ1n) is 6.39. The van der Waals surface area contributed by atoms with Crippen LogP contribution in [0.5, 0.6) is 0 Å². The van der Waals surface area contributed by atoms with Gasteiger partial charge in [-0.2, -0.15) is 0 Å². The summed E-state index contributed by atoms with van der Waals surface area (Å²) in [6.45, 7) is 4.30. The van der Waals surface area contributed by atoms with Crippen LogP contribution in [0.15, 0.2) is 29.2 Å². The van der Waals surface area contributed by atoms with Crippen molar-refractivity contribution in [3.63, 3.8) is 0 Å². The number of hydrogen-bond donors (Lipinski definition) is 3. The van der Waals surface area contributed by atoms with Crippen molar-refractivity contribution in [3.8, 4) is 0 Å². The molecular weight excluding hydrogens is 260 g/mol. The zero-order chi connectivity index (χ0) is 14.3. The Hall–Kier alpha value is -1.49. The molecule has 4 nitrogen and oxygen atoms in total. The van der Waals surface area contributed by atoms with Crippen molar-refractivity contribution in [2.24, 2.45) is 0 Å². The van der Waals surface area contributed by atoms with Gasteiger partial charge in [-0.05, 0) is 37.6 Å². The first-order chi connectivity index (χ1) is 9.02. The van der Waals surface area contributed by atoms with Crippen LogP contribution in [0.25, 0.3) is 0 Å². The molecule has 0 aliphatic rings. The molecule has 0 heterocycles. The lowest BCUT2D eigenvalue weighted by Crippen LogP contribution is -2.35. The molecule has 1 atom stereocenters. The Balaban J connectivity index is 2.31. The van der Waals surface area contributed by atoms with Crippen LogP contribution in [-0.4, -0.2) is 24.4 Å². The predicted octanol–water partition coefficient (Wildman–Crippen LogP) is 2.01. The van der Waals surface area contributed by atoms with E-state index in [1.54, 1.807) is 24.3 Å². The van der Waals surface area contributed by atoms with Crippen LogP contribution >= 0.6 is 12.6 Å². The van der Waals surface area contributed by atoms with Crippen LogP contribution in [0.3, 0.4) is 0 Å². The number of benzene rings is 1. The summed E-state index contributed by atoms with van der Waals surface area (Å²) in [7, 11) is 0. The molecule has 1 aromatic carbocycles. The van der Waals surface area contributed by atoms with Crippen molar-refractivity contribution < 1.29 is 9.59 Å². The van der Waals surface area contributed by atoms with Gasteiger partial charge in [0, 0.05) is 29.5 Å². The fourth-order valence-corrected chi connectivity index (χ4v) is 1.60. The van der Waals surface area contributed by atoms with Gasteiger partial charge in [0.1, 0.15) is 0 Å². The smallest absolute Gasteiger partial charge is 0.251 e. The van der Waals surface area contributed by atoms with Crippen LogP contribution in [0, 0.1) is 0 Å². The lowest BCUT2D eigenvalue weighted by atomic mass is 10.2. The van der Waals surface area contributed by atoms with Crippen LogP contribution in [0.1, 0.15) is 37.0 Å². The highest BCUT2D eigenvalue weighted by molar-refractivity contribution is 7.80. The Labute approximate surface area is 119 Å². The number of carbonyl (C=O) groups is 2. The predicted molar refractivity (Wildman–Crippen MR) is 78.5 cm³/mol. The van der Waals surface area contributed by atoms with Gasteiger partial charge in [-0.1, -0.05) is 6.92 Å². The zero-order valence-corrected chi connectivity index (χ0v) is 12.2. The summed E-state index contributed by atoms with van der Waals surface area (Å²) in [5, 5.41) is 5.57. The first kappa shape index (κ1) is 15.6. The van der Waals surface area contributed by atoms with Gasteiger partial charge >= 0.3 is 0 Å². The summed E-state index contributed by atoms with van der Waals surface area (Å²) >= 11 is 4.15. The highest BCUT2D eigenvalue weighted by Crippen LogP contribution is 2.07. The van der Waals surface area contributed by atoms with Gasteiger partial charge in [0.2, 0.25) is 5.91 Å². The molecule has 0 saturated heterocycles. The van der Waals surface area contributed by atoms with E-state index in [0.29, 0.717) is 18.5 Å². The van der Waals surface area contributed by atoms with Crippen LogP contribution in [0.2, 0.25) is 0 Å². The molecule has 0 bridgehead atoms. The van der Waals surface area contributed by atoms with E-state index < -0.39 is 0 Å². The summed E-state index contributed by atoms with van der Waals surface area (Å²) < 4.78 is 0. The third-order valence-corrected chi connectivity index (χ3v) is 3.09. The normalized spacial score (nSPS) is 11.7. The molecular formula is C14H20N2O2S. The first-order valence-corrected chi connectivity index (χ1v) is 6.84. The van der Waals surface area contributed by atoms with E-state index in [9.17, 15) is 9.59 Å². The van der Waals surface area contributed by atoms with Gasteiger partial charge < -0.3 is 10.6 Å². The van der Waals surface area contributed by atoms with Crippen molar-refractivity contribution in [1.82, 2.24) is 10.6 Å². The molecule has 0 fully saturated rings. The molecule has 104 valence electrons. The average Bonchev–Trinajstić information content (AvgIpc) is 2.39. The minimum absolute atomic E-state index is 0.0413. The Bertz CT molecular complexity index is 432. The number of amides is 2. The van der Waals surface area contributed by atoms with Gasteiger partial charge in [-0.25, -0.2) is 0 Å². The third kappa shape index (κ3) is 5.79. The number of nitrogens with one attached hydrogen (secondary N) is 2. The highest BCUT2D eigenvalue weighted by atomic mass is 32.1. The maximum atomic E-state index is 11.7. The van der Waals surface area contributed by atoms with Crippen LogP contribution < -0.4 is 10.6 Å². The van der Waals surface area contributed by atoms with E-state index in [-0.39, 0.29) is 17.9 Å². The van der Waals surface area contributed by atoms with Crippen molar-refractivity contribution in [1.29, 1.82) is 0 Å². The number of hydrogen-bond acceptors (Lipinski definition) is 3. The quantitative estimate of drug-likeness (QED) is 0.698. The van der Waals surface area contributed by atoms with E-state index in [1.807, 2.05) is 13.8 Å². The lowest BCUT2D eigenvalue weighted by molar-refractivity contribution is -0.121. The fraction of sp³-hybridized carbons (Fsp3) is 0.429. The molecule has 0 aliphatic carbocycles. The largest absolute Gasteiger partial charge is 0.354 e. The number of thiol groups is 1. The van der Waals surface area contributed by atoms with Crippen molar-refractivity contribution >= 4 is 24.4 Å². The van der Waals surface area contributed by atoms with E-state index in [0.717, 1.165) is 11.3 Å². The summed E-state index contributed by atoms with van der Waals surface area (Å²) in [5.41, 5.74) is 0.570. The molecule has 2 amide bonds. The highest BCUT2D eigenvalue weighted by Gasteiger charge is 2.07. The molecule has 2 N–H and O–H groups in total. The Morgan fingerprint density at radius 3 is 2.47 bits per heavy atom. The number of carbonyl (C=O) groups excluding carboxylic acids is 2. The summed E-state index contributed by atoms with van der Waals surface area (Å²) in [5.74, 6) is -0.218. The second kappa shape index (κ2) is 7.84. The molecule has 1 aromatic rings. The molecule has 5 heteroatoms. The minimum Gasteiger partial charge on any atom is -0.354 e. The van der Waals surface area contributed by atoms with E-state index in [4.69, 9.17) is 0 Å². The van der Waals surface area contributed by atoms with E-state index in [2.05, 4.69) is 23.3 Å². The molecule has 0 aromatic heterocycles. The summed E-state index contributed by atoms with van der Waals surface area (Å²) in [6.07, 6.45) is 1.19. The lowest BCUT2D eigenvalue weighted by Gasteiger charge is -2.11. The van der Waals surface area contributed by atoms with Gasteiger partial charge in [-0.3, -0.25) is 9.59 Å². The minimum atomic E-state index is -0.176. The van der Waals surface area contributed by atoms with E-state index in [1.165, 1.54) is 0 Å². The van der Waals surface area contributed by atoms with Crippen LogP contribution in [-0.2, 0) is 4.79 Å². The van der Waals surface area contributed by atoms with Crippen molar-refractivity contribution in [3.05, 3.63) is 29.8 Å². The Morgan fingerprint density at radius 2 is 1.89 bits per heavy atom. The van der Waals surface area contributed by atoms with Gasteiger partial charge in [0.25, 0.3) is 5.91 Å². The van der Waals surface area contributed by atoms with Crippen molar-refractivity contribution in [2.45, 2.75) is 37.6 Å². The second-order valence-electron chi connectivity index (χ2n) is 4.43. The Morgan fingerprint density at radius 1 is 1.26 bits per heavy atom. The fourth-order valence-electron chi connectivity index (χ4n) is 1.45. The molecule has 1 rings (SSSR count). The van der Waals surface area contributed by atoms with Gasteiger partial charge in [0.15, 0.2) is 0 Å². The summed E-state index contributed by atoms with van der Waals surface area (Å²) in [4.78, 5) is 24.1. The molecule has 0 spiro atoms. The second-order valence-corrected chi connectivity index (χ2v) is 4.95. The monoisotopic (exact) mass is 280 g/mol. The average molecular weight is 280 g/mol. The zero-order valence-electron chi connectivity index (χ0n) is 11.3. The summed E-state index contributed by atoms with van der Waals surface area (Å²) in [6, 6.07) is 7.10. The standard InChI is InChI=1S/C14H20N2O2S/c1-3-10(2)16-13(17)8-9-15-14(18)11-4-6-12(19)7-5-11/h4-7,10,19H,3,8-9H2,1-2H3,(H,15,18)(H,16,17). The number of rotatable bonds is 6. The molecule has 0 radical (unpaired) electrons. The van der Waals surface area contributed by atoms with Crippen molar-refractivity contribution in [2.75, 3.05) is 6.54 Å². The van der Waals surface area contributed by atoms with Crippen LogP contribution in [0.4, 0.5) is 0 Å². The molecule has 1 unspecified atom stereocenters. The third-order valence-electron chi connectivity index (χ3n) is 2.79. The van der Waals surface area contributed by atoms with E-state index >= 15 is 0 Å². The molecule has 0 saturated carbocycles. The molecule has 19 heavy (non-hydrogen) atoms. The maximum Gasteiger partial charge on any atom is 0.251 e. The maximum absolute atomic E-state index is 11.7. The van der Waals surface area contributed by atoms with Gasteiger partial charge in [-0.15, -0.1) is 12.6 Å². The van der Waals surface area contributed by atoms with Gasteiger partial charge in [0.05, 0.1) is 0 Å². The topological polar surface area (TPSA) is 58.2 Å². The molecule has 0 aliphatic heterocycles. The Kier molecular flexibility index (Phi) is 6.42. The SMILES string of the molecule is CCC(C)NC(=O)CCNC(=O)c1ccc(S)cc1.